The molecule has 1 atom stereocenters. The molecular weight excluding hydrogens is 590 g/mol. The minimum absolute atomic E-state index is 0.284. The third kappa shape index (κ3) is 4.64. The maximum atomic E-state index is 12.6. The maximum Gasteiger partial charge on any atom is 0.308 e. The lowest BCUT2D eigenvalue weighted by Crippen LogP contribution is -2.25. The Morgan fingerprint density at radius 1 is 0.944 bits per heavy atom. The van der Waals surface area contributed by atoms with Gasteiger partial charge in [-0.3, -0.25) is 9.59 Å². The van der Waals surface area contributed by atoms with Crippen LogP contribution >= 0.6 is 31.9 Å². The lowest BCUT2D eigenvalue weighted by molar-refractivity contribution is -0.135. The van der Waals surface area contributed by atoms with E-state index in [1.165, 1.54) is 18.9 Å². The van der Waals surface area contributed by atoms with Crippen molar-refractivity contribution in [3.8, 4) is 17.0 Å². The highest BCUT2D eigenvalue weighted by molar-refractivity contribution is 9.11. The van der Waals surface area contributed by atoms with Crippen LogP contribution in [0.5, 0.6) is 5.75 Å². The average molecular weight is 609 g/mol. The number of fused-ring (bicyclic) bond motifs is 1. The van der Waals surface area contributed by atoms with Crippen LogP contribution in [0.4, 0.5) is 0 Å². The number of hydrazone groups is 1. The Morgan fingerprint density at radius 3 is 2.28 bits per heavy atom. The summed E-state index contributed by atoms with van der Waals surface area (Å²) in [5, 5.41) is 6.72. The number of nitrogens with zero attached hydrogens (tertiary/aromatic N) is 3. The summed E-state index contributed by atoms with van der Waals surface area (Å²) in [6.45, 7) is 2.76. The standard InChI is InChI=1S/C27H19Br2N3O4/c1-15(33)32-27(18-12-21(28)25(22(29)13-18)35-16(2)34)36-26(31-32)20-14-24(17-8-4-3-5-9-17)30-23-11-7-6-10-19(20)23/h3-14,27H,1-2H3/t27-/m0/s1. The van der Waals surface area contributed by atoms with Gasteiger partial charge in [0.2, 0.25) is 18.0 Å². The van der Waals surface area contributed by atoms with Crippen LogP contribution in [0.25, 0.3) is 22.2 Å². The number of carbonyl (C=O) groups is 2. The minimum atomic E-state index is -0.816. The molecule has 0 unspecified atom stereocenters. The van der Waals surface area contributed by atoms with Gasteiger partial charge in [0.1, 0.15) is 0 Å². The van der Waals surface area contributed by atoms with Gasteiger partial charge in [0.15, 0.2) is 5.75 Å². The van der Waals surface area contributed by atoms with E-state index in [-0.39, 0.29) is 5.91 Å². The van der Waals surface area contributed by atoms with Gasteiger partial charge in [-0.15, -0.1) is 5.10 Å². The van der Waals surface area contributed by atoms with Crippen molar-refractivity contribution in [2.24, 2.45) is 5.10 Å². The summed E-state index contributed by atoms with van der Waals surface area (Å²) in [5.74, 6) is -0.0846. The Labute approximate surface area is 224 Å². The van der Waals surface area contributed by atoms with Gasteiger partial charge in [0.05, 0.1) is 20.2 Å². The number of carbonyl (C=O) groups excluding carboxylic acids is 2. The van der Waals surface area contributed by atoms with Gasteiger partial charge in [-0.05, 0) is 56.1 Å². The molecule has 0 radical (unpaired) electrons. The van der Waals surface area contributed by atoms with E-state index in [9.17, 15) is 9.59 Å². The van der Waals surface area contributed by atoms with Crippen molar-refractivity contribution in [1.29, 1.82) is 0 Å². The van der Waals surface area contributed by atoms with Crippen molar-refractivity contribution >= 4 is 60.5 Å². The molecule has 1 aliphatic rings. The molecule has 4 aromatic rings. The summed E-state index contributed by atoms with van der Waals surface area (Å²) < 4.78 is 12.6. The first kappa shape index (κ1) is 24.1. The molecule has 36 heavy (non-hydrogen) atoms. The molecule has 3 aromatic carbocycles. The predicted molar refractivity (Wildman–Crippen MR) is 143 cm³/mol. The second-order valence-corrected chi connectivity index (χ2v) is 9.79. The van der Waals surface area contributed by atoms with Crippen LogP contribution in [0, 0.1) is 0 Å². The Kier molecular flexibility index (Phi) is 6.59. The Hall–Kier alpha value is -3.56. The highest BCUT2D eigenvalue weighted by Crippen LogP contribution is 2.40. The van der Waals surface area contributed by atoms with E-state index in [2.05, 4.69) is 37.0 Å². The first-order valence-electron chi connectivity index (χ1n) is 11.0. The molecule has 0 spiro atoms. The number of pyridine rings is 1. The van der Waals surface area contributed by atoms with Crippen LogP contribution in [-0.4, -0.2) is 27.8 Å². The smallest absolute Gasteiger partial charge is 0.308 e. The molecule has 1 aliphatic heterocycles. The molecule has 180 valence electrons. The van der Waals surface area contributed by atoms with Crippen LogP contribution in [0.15, 0.2) is 86.8 Å². The van der Waals surface area contributed by atoms with E-state index < -0.39 is 12.2 Å². The molecule has 0 saturated heterocycles. The molecule has 7 nitrogen and oxygen atoms in total. The fourth-order valence-electron chi connectivity index (χ4n) is 3.96. The van der Waals surface area contributed by atoms with Gasteiger partial charge in [-0.2, -0.15) is 5.01 Å². The van der Waals surface area contributed by atoms with Crippen molar-refractivity contribution in [3.63, 3.8) is 0 Å². The Bertz CT molecular complexity index is 1520. The normalized spacial score (nSPS) is 14.9. The van der Waals surface area contributed by atoms with Crippen LogP contribution in [0.3, 0.4) is 0 Å². The third-order valence-corrected chi connectivity index (χ3v) is 6.71. The van der Waals surface area contributed by atoms with Crippen molar-refractivity contribution in [3.05, 3.63) is 92.9 Å². The lowest BCUT2D eigenvalue weighted by Gasteiger charge is -2.20. The molecule has 5 rings (SSSR count). The fourth-order valence-corrected chi connectivity index (χ4v) is 5.35. The van der Waals surface area contributed by atoms with E-state index in [4.69, 9.17) is 14.5 Å². The third-order valence-electron chi connectivity index (χ3n) is 5.53. The summed E-state index contributed by atoms with van der Waals surface area (Å²) in [7, 11) is 0. The van der Waals surface area contributed by atoms with Gasteiger partial charge in [-0.1, -0.05) is 48.5 Å². The van der Waals surface area contributed by atoms with Gasteiger partial charge in [0, 0.05) is 35.9 Å². The number of rotatable bonds is 4. The van der Waals surface area contributed by atoms with E-state index in [1.54, 1.807) is 12.1 Å². The molecule has 2 heterocycles. The molecule has 9 heteroatoms. The number of para-hydroxylation sites is 1. The average Bonchev–Trinajstić information content (AvgIpc) is 3.32. The van der Waals surface area contributed by atoms with Crippen LogP contribution in [0.1, 0.15) is 31.2 Å². The quantitative estimate of drug-likeness (QED) is 0.193. The number of benzene rings is 3. The Morgan fingerprint density at radius 2 is 1.61 bits per heavy atom. The molecule has 0 bridgehead atoms. The van der Waals surface area contributed by atoms with Gasteiger partial charge < -0.3 is 9.47 Å². The molecule has 1 aromatic heterocycles. The number of halogens is 2. The topological polar surface area (TPSA) is 81.1 Å². The highest BCUT2D eigenvalue weighted by atomic mass is 79.9. The van der Waals surface area contributed by atoms with Crippen LogP contribution in [-0.2, 0) is 14.3 Å². The number of ether oxygens (including phenoxy) is 2. The second kappa shape index (κ2) is 9.83. The summed E-state index contributed by atoms with van der Waals surface area (Å²) in [5.41, 5.74) is 3.87. The van der Waals surface area contributed by atoms with E-state index in [0.29, 0.717) is 26.2 Å². The zero-order valence-corrected chi connectivity index (χ0v) is 22.4. The number of hydrogen-bond donors (Lipinski definition) is 0. The van der Waals surface area contributed by atoms with Crippen LogP contribution < -0.4 is 4.74 Å². The monoisotopic (exact) mass is 607 g/mol. The molecule has 0 saturated carbocycles. The van der Waals surface area contributed by atoms with Crippen molar-refractivity contribution in [2.75, 3.05) is 0 Å². The molecule has 0 fully saturated rings. The zero-order chi connectivity index (χ0) is 25.4. The van der Waals surface area contributed by atoms with E-state index in [1.807, 2.05) is 60.7 Å². The molecule has 0 N–H and O–H groups in total. The second-order valence-electron chi connectivity index (χ2n) is 8.08. The van der Waals surface area contributed by atoms with Crippen molar-refractivity contribution in [1.82, 2.24) is 9.99 Å². The number of esters is 1. The number of aromatic nitrogens is 1. The molecule has 1 amide bonds. The van der Waals surface area contributed by atoms with E-state index >= 15 is 0 Å². The van der Waals surface area contributed by atoms with Crippen molar-refractivity contribution in [2.45, 2.75) is 20.1 Å². The van der Waals surface area contributed by atoms with Gasteiger partial charge in [-0.25, -0.2) is 4.98 Å². The zero-order valence-electron chi connectivity index (χ0n) is 19.2. The lowest BCUT2D eigenvalue weighted by atomic mass is 10.0. The molecular formula is C27H19Br2N3O4. The summed E-state index contributed by atoms with van der Waals surface area (Å²) in [4.78, 5) is 28.9. The van der Waals surface area contributed by atoms with Gasteiger partial charge in [0.25, 0.3) is 0 Å². The molecule has 0 aliphatic carbocycles. The van der Waals surface area contributed by atoms with E-state index in [0.717, 1.165) is 27.7 Å². The summed E-state index contributed by atoms with van der Waals surface area (Å²) in [6.07, 6.45) is -0.816. The maximum absolute atomic E-state index is 12.6. The van der Waals surface area contributed by atoms with Gasteiger partial charge >= 0.3 is 5.97 Å². The summed E-state index contributed by atoms with van der Waals surface area (Å²) in [6, 6.07) is 23.0. The minimum Gasteiger partial charge on any atom is -0.446 e. The first-order chi connectivity index (χ1) is 17.3. The highest BCUT2D eigenvalue weighted by Gasteiger charge is 2.35. The summed E-state index contributed by atoms with van der Waals surface area (Å²) >= 11 is 6.89. The first-order valence-corrected chi connectivity index (χ1v) is 12.6. The SMILES string of the molecule is CC(=O)Oc1c(Br)cc([C@@H]2OC(c3cc(-c4ccccc4)nc4ccccc34)=NN2C(C)=O)cc1Br. The van der Waals surface area contributed by atoms with Crippen molar-refractivity contribution < 1.29 is 19.1 Å². The number of hydrogen-bond acceptors (Lipinski definition) is 6. The predicted octanol–water partition coefficient (Wildman–Crippen LogP) is 6.59. The van der Waals surface area contributed by atoms with Crippen LogP contribution in [0.2, 0.25) is 0 Å². The Balaban J connectivity index is 1.60. The fraction of sp³-hybridized carbons (Fsp3) is 0.111. The largest absolute Gasteiger partial charge is 0.446 e. The number of amides is 1.